The summed E-state index contributed by atoms with van der Waals surface area (Å²) in [6.45, 7) is 0.907. The first-order chi connectivity index (χ1) is 18.5. The highest BCUT2D eigenvalue weighted by Gasteiger charge is 2.40. The van der Waals surface area contributed by atoms with Crippen LogP contribution in [-0.2, 0) is 32.0 Å². The van der Waals surface area contributed by atoms with E-state index >= 15 is 0 Å². The summed E-state index contributed by atoms with van der Waals surface area (Å²) in [5, 5.41) is 8.68. The van der Waals surface area contributed by atoms with Gasteiger partial charge in [-0.2, -0.15) is 0 Å². The molecule has 2 saturated heterocycles. The van der Waals surface area contributed by atoms with Crippen molar-refractivity contribution in [2.75, 3.05) is 13.1 Å². The number of nitrogens with zero attached hydrogens (tertiary/aromatic N) is 1. The first-order valence-electron chi connectivity index (χ1n) is 13.5. The summed E-state index contributed by atoms with van der Waals surface area (Å²) in [5.41, 5.74) is 7.40. The summed E-state index contributed by atoms with van der Waals surface area (Å²) in [7, 11) is 0. The molecule has 0 aromatic heterocycles. The maximum absolute atomic E-state index is 13.8. The number of carbonyl (C=O) groups excluding carboxylic acids is 4. The van der Waals surface area contributed by atoms with Crippen LogP contribution in [-0.4, -0.2) is 65.8 Å². The number of hydrogen-bond donors (Lipinski definition) is 4. The van der Waals surface area contributed by atoms with Crippen molar-refractivity contribution < 1.29 is 19.2 Å². The van der Waals surface area contributed by atoms with Crippen molar-refractivity contribution in [3.8, 4) is 0 Å². The molecule has 0 aliphatic carbocycles. The fourth-order valence-electron chi connectivity index (χ4n) is 5.19. The topological polar surface area (TPSA) is 134 Å². The molecule has 2 aliphatic heterocycles. The molecule has 0 radical (unpaired) electrons. The van der Waals surface area contributed by atoms with E-state index in [9.17, 15) is 19.2 Å². The van der Waals surface area contributed by atoms with Gasteiger partial charge in [-0.1, -0.05) is 60.7 Å². The van der Waals surface area contributed by atoms with Gasteiger partial charge in [-0.3, -0.25) is 19.2 Å². The van der Waals surface area contributed by atoms with Crippen LogP contribution in [0.15, 0.2) is 60.7 Å². The molecule has 39 heavy (non-hydrogen) atoms. The highest BCUT2D eigenvalue weighted by atomic mass is 35.5. The predicted octanol–water partition coefficient (Wildman–Crippen LogP) is 1.48. The lowest BCUT2D eigenvalue weighted by molar-refractivity contribution is -0.143. The molecule has 0 spiro atoms. The van der Waals surface area contributed by atoms with E-state index < -0.39 is 36.0 Å². The summed E-state index contributed by atoms with van der Waals surface area (Å²) >= 11 is 0. The van der Waals surface area contributed by atoms with Crippen molar-refractivity contribution in [2.24, 2.45) is 5.73 Å². The lowest BCUT2D eigenvalue weighted by Gasteiger charge is -2.32. The molecule has 5 N–H and O–H groups in total. The van der Waals surface area contributed by atoms with Crippen LogP contribution in [0.4, 0.5) is 0 Å². The fraction of sp³-hybridized carbons (Fsp3) is 0.448. The van der Waals surface area contributed by atoms with Crippen molar-refractivity contribution in [3.05, 3.63) is 71.8 Å². The molecular weight excluding hydrogens is 518 g/mol. The predicted molar refractivity (Wildman–Crippen MR) is 151 cm³/mol. The van der Waals surface area contributed by atoms with Crippen LogP contribution in [0.1, 0.15) is 43.2 Å². The van der Waals surface area contributed by atoms with E-state index in [4.69, 9.17) is 5.73 Å². The monoisotopic (exact) mass is 555 g/mol. The van der Waals surface area contributed by atoms with Gasteiger partial charge in [-0.15, -0.1) is 12.4 Å². The van der Waals surface area contributed by atoms with Gasteiger partial charge in [-0.25, -0.2) is 0 Å². The van der Waals surface area contributed by atoms with Gasteiger partial charge in [0.25, 0.3) is 0 Å². The molecule has 2 heterocycles. The molecule has 9 nitrogen and oxygen atoms in total. The number of halogens is 1. The van der Waals surface area contributed by atoms with Crippen LogP contribution in [0, 0.1) is 0 Å². The van der Waals surface area contributed by atoms with Gasteiger partial charge >= 0.3 is 0 Å². The molecule has 2 fully saturated rings. The molecular formula is C29H38ClN5O4. The second-order valence-electron chi connectivity index (χ2n) is 10.0. The van der Waals surface area contributed by atoms with Gasteiger partial charge in [0.1, 0.15) is 24.2 Å². The first-order valence-corrected chi connectivity index (χ1v) is 13.5. The average Bonchev–Trinajstić information content (AvgIpc) is 3.42. The standard InChI is InChI=1S/C29H37N5O4.ClH/c30-16-8-7-14-22-26(35)32-23(18-20-10-3-1-4-11-20)27(36)33-24(19-21-12-5-2-6-13-21)29(38)34-17-9-15-25(34)28(37)31-22;/h1-6,10-13,22-25H,7-9,14-19,30H2,(H,31,37)(H,32,35)(H,33,36);1H/t22-,23-,24-,25+;/m0./s1. The second-order valence-corrected chi connectivity index (χ2v) is 10.0. The van der Waals surface area contributed by atoms with Crippen molar-refractivity contribution in [3.63, 3.8) is 0 Å². The Morgan fingerprint density at radius 1 is 0.718 bits per heavy atom. The molecule has 2 aliphatic rings. The fourth-order valence-corrected chi connectivity index (χ4v) is 5.19. The Hall–Kier alpha value is -3.43. The Bertz CT molecular complexity index is 1120. The molecule has 0 saturated carbocycles. The third-order valence-corrected chi connectivity index (χ3v) is 7.23. The average molecular weight is 556 g/mol. The van der Waals surface area contributed by atoms with E-state index in [1.54, 1.807) is 4.90 Å². The first kappa shape index (κ1) is 30.1. The molecule has 0 unspecified atom stereocenters. The Labute approximate surface area is 235 Å². The summed E-state index contributed by atoms with van der Waals surface area (Å²) in [5.74, 6) is -1.47. The summed E-state index contributed by atoms with van der Waals surface area (Å²) in [6.07, 6.45) is 3.48. The Morgan fingerprint density at radius 2 is 1.26 bits per heavy atom. The van der Waals surface area contributed by atoms with Crippen LogP contribution in [0.25, 0.3) is 0 Å². The maximum Gasteiger partial charge on any atom is 0.246 e. The van der Waals surface area contributed by atoms with Crippen LogP contribution < -0.4 is 21.7 Å². The summed E-state index contributed by atoms with van der Waals surface area (Å²) < 4.78 is 0. The molecule has 4 rings (SSSR count). The zero-order chi connectivity index (χ0) is 26.9. The number of carbonyl (C=O) groups is 4. The number of rotatable bonds is 8. The lowest BCUT2D eigenvalue weighted by Crippen LogP contribution is -2.62. The highest BCUT2D eigenvalue weighted by molar-refractivity contribution is 5.98. The normalized spacial score (nSPS) is 23.9. The number of nitrogens with one attached hydrogen (secondary N) is 3. The minimum atomic E-state index is -0.918. The lowest BCUT2D eigenvalue weighted by atomic mass is 10.00. The van der Waals surface area contributed by atoms with Gasteiger partial charge in [-0.05, 0) is 49.8 Å². The summed E-state index contributed by atoms with van der Waals surface area (Å²) in [6, 6.07) is 15.6. The van der Waals surface area contributed by atoms with Crippen molar-refractivity contribution in [2.45, 2.75) is 69.1 Å². The molecule has 210 valence electrons. The van der Waals surface area contributed by atoms with Crippen molar-refractivity contribution >= 4 is 36.0 Å². The molecule has 4 amide bonds. The van der Waals surface area contributed by atoms with E-state index in [0.717, 1.165) is 11.1 Å². The third-order valence-electron chi connectivity index (χ3n) is 7.23. The Kier molecular flexibility index (Phi) is 11.3. The SMILES string of the molecule is Cl.NCCCC[C@@H]1NC(=O)[C@H]2CCCN2C(=O)[C@H](Cc2ccccc2)NC(=O)[C@H](Cc2ccccc2)NC1=O. The summed E-state index contributed by atoms with van der Waals surface area (Å²) in [4.78, 5) is 55.8. The van der Waals surface area contributed by atoms with Gasteiger partial charge in [0, 0.05) is 19.4 Å². The molecule has 10 heteroatoms. The number of benzene rings is 2. The smallest absolute Gasteiger partial charge is 0.246 e. The van der Waals surface area contributed by atoms with Crippen molar-refractivity contribution in [1.82, 2.24) is 20.9 Å². The molecule has 2 aromatic carbocycles. The van der Waals surface area contributed by atoms with Crippen LogP contribution >= 0.6 is 12.4 Å². The maximum atomic E-state index is 13.8. The number of nitrogens with two attached hydrogens (primary N) is 1. The van der Waals surface area contributed by atoms with Crippen LogP contribution in [0.5, 0.6) is 0 Å². The Morgan fingerprint density at radius 3 is 1.87 bits per heavy atom. The number of amides is 4. The largest absolute Gasteiger partial charge is 0.343 e. The van der Waals surface area contributed by atoms with Crippen LogP contribution in [0.2, 0.25) is 0 Å². The highest BCUT2D eigenvalue weighted by Crippen LogP contribution is 2.21. The quantitative estimate of drug-likeness (QED) is 0.366. The molecule has 2 aromatic rings. The van der Waals surface area contributed by atoms with Gasteiger partial charge in [0.05, 0.1) is 0 Å². The third kappa shape index (κ3) is 8.03. The molecule has 0 bridgehead atoms. The zero-order valence-corrected chi connectivity index (χ0v) is 22.8. The Balaban J connectivity index is 0.00000420. The molecule has 4 atom stereocenters. The van der Waals surface area contributed by atoms with Gasteiger partial charge < -0.3 is 26.6 Å². The van der Waals surface area contributed by atoms with Crippen molar-refractivity contribution in [1.29, 1.82) is 0 Å². The van der Waals surface area contributed by atoms with E-state index in [0.29, 0.717) is 45.2 Å². The minimum absolute atomic E-state index is 0. The van der Waals surface area contributed by atoms with Gasteiger partial charge in [0.2, 0.25) is 23.6 Å². The number of fused-ring (bicyclic) bond motifs is 1. The number of hydrogen-bond acceptors (Lipinski definition) is 5. The number of unbranched alkanes of at least 4 members (excludes halogenated alkanes) is 1. The van der Waals surface area contributed by atoms with E-state index in [2.05, 4.69) is 16.0 Å². The van der Waals surface area contributed by atoms with Crippen LogP contribution in [0.3, 0.4) is 0 Å². The second kappa shape index (κ2) is 14.6. The van der Waals surface area contributed by atoms with Gasteiger partial charge in [0.15, 0.2) is 0 Å². The van der Waals surface area contributed by atoms with E-state index in [-0.39, 0.29) is 37.1 Å². The zero-order valence-electron chi connectivity index (χ0n) is 22.0. The van der Waals surface area contributed by atoms with E-state index in [1.165, 1.54) is 0 Å². The minimum Gasteiger partial charge on any atom is -0.343 e. The van der Waals surface area contributed by atoms with E-state index in [1.807, 2.05) is 60.7 Å².